The van der Waals surface area contributed by atoms with E-state index < -0.39 is 17.3 Å². The molecule has 0 radical (unpaired) electrons. The average molecular weight is 563 g/mol. The van der Waals surface area contributed by atoms with Crippen LogP contribution < -0.4 is 11.1 Å². The summed E-state index contributed by atoms with van der Waals surface area (Å²) in [5.74, 6) is 0.0964. The number of alkyl halides is 3. The quantitative estimate of drug-likeness (QED) is 0.258. The van der Waals surface area contributed by atoms with Gasteiger partial charge >= 0.3 is 6.18 Å². The van der Waals surface area contributed by atoms with Crippen molar-refractivity contribution in [3.05, 3.63) is 108 Å². The molecule has 6 rings (SSSR count). The van der Waals surface area contributed by atoms with Crippen LogP contribution in [0.3, 0.4) is 0 Å². The minimum atomic E-state index is -4.55. The van der Waals surface area contributed by atoms with Crippen LogP contribution in [0.4, 0.5) is 13.2 Å². The molecule has 5 aromatic rings. The summed E-state index contributed by atoms with van der Waals surface area (Å²) in [6.07, 6.45) is 1.73. The van der Waals surface area contributed by atoms with E-state index in [1.165, 1.54) is 50.9 Å². The summed E-state index contributed by atoms with van der Waals surface area (Å²) in [6.45, 7) is 1.74. The Kier molecular flexibility index (Phi) is 6.37. The van der Waals surface area contributed by atoms with Crippen LogP contribution in [0.5, 0.6) is 0 Å². The molecule has 2 aromatic carbocycles. The van der Waals surface area contributed by atoms with Gasteiger partial charge in [-0.1, -0.05) is 42.5 Å². The molecule has 6 nitrogen and oxygen atoms in total. The molecule has 204 valence electrons. The smallest absolute Gasteiger partial charge is 0.283 e. The number of halogens is 3. The Morgan fingerprint density at radius 2 is 1.62 bits per heavy atom. The van der Waals surface area contributed by atoms with Crippen molar-refractivity contribution in [2.45, 2.75) is 38.8 Å². The first-order chi connectivity index (χ1) is 19.2. The molecule has 0 atom stereocenters. The molecule has 0 spiro atoms. The molecule has 0 saturated carbocycles. The molecular formula is C30H25F3N4O2S. The summed E-state index contributed by atoms with van der Waals surface area (Å²) in [5.41, 5.74) is 0.547. The Morgan fingerprint density at radius 1 is 0.925 bits per heavy atom. The molecule has 0 N–H and O–H groups in total. The lowest BCUT2D eigenvalue weighted by Crippen LogP contribution is -2.29. The standard InChI is InChI=1S/C30H25F3N4O2S/c1-18-26(29(39)37(35(18)2)20-11-4-3-5-12-20)36-24(17-16-19-10-6-8-14-22(19)30(31,32)33)34-27-25(28(36)38)21-13-7-9-15-23(21)40-27/h3-6,8,10-12,14,16-17H,7,9,13,15H2,1-2H3. The van der Waals surface area contributed by atoms with Crippen molar-refractivity contribution in [3.63, 3.8) is 0 Å². The van der Waals surface area contributed by atoms with Crippen LogP contribution in [-0.2, 0) is 26.1 Å². The minimum absolute atomic E-state index is 0.0622. The van der Waals surface area contributed by atoms with Gasteiger partial charge in [0.25, 0.3) is 11.1 Å². The molecule has 10 heteroatoms. The summed E-state index contributed by atoms with van der Waals surface area (Å²) in [4.78, 5) is 34.6. The molecule has 1 aliphatic carbocycles. The predicted octanol–water partition coefficient (Wildman–Crippen LogP) is 6.31. The van der Waals surface area contributed by atoms with Crippen LogP contribution in [0.2, 0.25) is 0 Å². The van der Waals surface area contributed by atoms with Gasteiger partial charge in [0.1, 0.15) is 16.3 Å². The molecule has 3 aromatic heterocycles. The molecule has 3 heterocycles. The van der Waals surface area contributed by atoms with E-state index in [1.54, 1.807) is 30.8 Å². The number of nitrogens with zero attached hydrogens (tertiary/aromatic N) is 4. The van der Waals surface area contributed by atoms with Gasteiger partial charge in [-0.2, -0.15) is 13.2 Å². The predicted molar refractivity (Wildman–Crippen MR) is 152 cm³/mol. The fourth-order valence-corrected chi connectivity index (χ4v) is 6.68. The molecule has 0 amide bonds. The first kappa shape index (κ1) is 26.1. The highest BCUT2D eigenvalue weighted by molar-refractivity contribution is 7.18. The number of para-hydroxylation sites is 1. The number of aryl methyl sites for hydroxylation is 2. The summed E-state index contributed by atoms with van der Waals surface area (Å²) in [5, 5.41) is 0.487. The number of rotatable bonds is 4. The van der Waals surface area contributed by atoms with Crippen molar-refractivity contribution in [1.29, 1.82) is 0 Å². The lowest BCUT2D eigenvalue weighted by molar-refractivity contribution is -0.137. The Bertz CT molecular complexity index is 1910. The number of hydrogen-bond acceptors (Lipinski definition) is 4. The van der Waals surface area contributed by atoms with Crippen LogP contribution in [0, 0.1) is 6.92 Å². The number of fused-ring (bicyclic) bond motifs is 3. The maximum atomic E-state index is 14.2. The zero-order chi connectivity index (χ0) is 28.2. The van der Waals surface area contributed by atoms with Crippen molar-refractivity contribution < 1.29 is 13.2 Å². The normalized spacial score (nSPS) is 13.8. The molecule has 0 aliphatic heterocycles. The second-order valence-electron chi connectivity index (χ2n) is 9.83. The molecule has 0 saturated heterocycles. The van der Waals surface area contributed by atoms with Crippen LogP contribution >= 0.6 is 11.3 Å². The number of hydrogen-bond donors (Lipinski definition) is 0. The van der Waals surface area contributed by atoms with Gasteiger partial charge in [0.2, 0.25) is 0 Å². The fourth-order valence-electron chi connectivity index (χ4n) is 5.43. The maximum Gasteiger partial charge on any atom is 0.416 e. The van der Waals surface area contributed by atoms with Crippen LogP contribution in [-0.4, -0.2) is 18.9 Å². The van der Waals surface area contributed by atoms with Gasteiger partial charge in [-0.3, -0.25) is 18.8 Å². The number of benzene rings is 2. The van der Waals surface area contributed by atoms with Gasteiger partial charge in [-0.15, -0.1) is 11.3 Å². The zero-order valence-electron chi connectivity index (χ0n) is 21.8. The number of aromatic nitrogens is 4. The largest absolute Gasteiger partial charge is 0.416 e. The average Bonchev–Trinajstić information content (AvgIpc) is 3.41. The van der Waals surface area contributed by atoms with Gasteiger partial charge in [-0.05, 0) is 68.0 Å². The van der Waals surface area contributed by atoms with E-state index in [4.69, 9.17) is 4.98 Å². The number of thiophene rings is 1. The van der Waals surface area contributed by atoms with Gasteiger partial charge in [0.15, 0.2) is 0 Å². The van der Waals surface area contributed by atoms with Gasteiger partial charge in [0.05, 0.1) is 22.3 Å². The highest BCUT2D eigenvalue weighted by Crippen LogP contribution is 2.35. The van der Waals surface area contributed by atoms with Crippen LogP contribution in [0.25, 0.3) is 33.7 Å². The summed E-state index contributed by atoms with van der Waals surface area (Å²) in [7, 11) is 1.73. The van der Waals surface area contributed by atoms with E-state index in [-0.39, 0.29) is 22.6 Å². The topological polar surface area (TPSA) is 61.8 Å². The Balaban J connectivity index is 1.65. The molecule has 0 bridgehead atoms. The minimum Gasteiger partial charge on any atom is -0.283 e. The third kappa shape index (κ3) is 4.23. The molecule has 40 heavy (non-hydrogen) atoms. The monoisotopic (exact) mass is 562 g/mol. The van der Waals surface area contributed by atoms with Crippen molar-refractivity contribution >= 4 is 33.7 Å². The second-order valence-corrected chi connectivity index (χ2v) is 10.9. The lowest BCUT2D eigenvalue weighted by atomic mass is 9.97. The van der Waals surface area contributed by atoms with E-state index in [0.717, 1.165) is 42.2 Å². The highest BCUT2D eigenvalue weighted by atomic mass is 32.1. The zero-order valence-corrected chi connectivity index (χ0v) is 22.6. The van der Waals surface area contributed by atoms with Gasteiger partial charge < -0.3 is 0 Å². The summed E-state index contributed by atoms with van der Waals surface area (Å²) >= 11 is 1.45. The highest BCUT2D eigenvalue weighted by Gasteiger charge is 2.32. The Labute approximate surface area is 231 Å². The van der Waals surface area contributed by atoms with E-state index in [2.05, 4.69) is 0 Å². The fraction of sp³-hybridized carbons (Fsp3) is 0.233. The second kappa shape index (κ2) is 9.78. The molecule has 1 aliphatic rings. The summed E-state index contributed by atoms with van der Waals surface area (Å²) in [6, 6.07) is 14.3. The first-order valence-corrected chi connectivity index (χ1v) is 13.7. The van der Waals surface area contributed by atoms with Crippen molar-refractivity contribution in [1.82, 2.24) is 18.9 Å². The summed E-state index contributed by atoms with van der Waals surface area (Å²) < 4.78 is 45.5. The van der Waals surface area contributed by atoms with E-state index in [9.17, 15) is 22.8 Å². The van der Waals surface area contributed by atoms with Crippen molar-refractivity contribution in [2.24, 2.45) is 7.05 Å². The van der Waals surface area contributed by atoms with E-state index in [0.29, 0.717) is 21.6 Å². The lowest BCUT2D eigenvalue weighted by Gasteiger charge is -2.12. The molecular weight excluding hydrogens is 537 g/mol. The first-order valence-electron chi connectivity index (χ1n) is 12.9. The van der Waals surface area contributed by atoms with Gasteiger partial charge in [-0.25, -0.2) is 9.67 Å². The molecule has 0 unspecified atom stereocenters. The Hall–Kier alpha value is -4.18. The third-order valence-corrected chi connectivity index (χ3v) is 8.63. The molecule has 0 fully saturated rings. The van der Waals surface area contributed by atoms with E-state index in [1.807, 2.05) is 18.2 Å². The van der Waals surface area contributed by atoms with Crippen molar-refractivity contribution in [3.8, 4) is 11.4 Å². The third-order valence-electron chi connectivity index (χ3n) is 7.44. The Morgan fingerprint density at radius 3 is 2.38 bits per heavy atom. The van der Waals surface area contributed by atoms with Crippen LogP contribution in [0.15, 0.2) is 64.2 Å². The SMILES string of the molecule is Cc1c(-n2c(C=Cc3ccccc3C(F)(F)F)nc3sc4c(c3c2=O)CCCC4)c(=O)n(-c2ccccc2)n1C. The van der Waals surface area contributed by atoms with E-state index >= 15 is 0 Å². The van der Waals surface area contributed by atoms with Crippen molar-refractivity contribution in [2.75, 3.05) is 0 Å². The van der Waals surface area contributed by atoms with Crippen LogP contribution in [0.1, 0.15) is 45.9 Å². The van der Waals surface area contributed by atoms with Gasteiger partial charge in [0, 0.05) is 11.9 Å². The maximum absolute atomic E-state index is 14.2.